The van der Waals surface area contributed by atoms with E-state index in [1.165, 1.54) is 17.5 Å². The van der Waals surface area contributed by atoms with E-state index in [0.717, 1.165) is 3.67 Å². The Balaban J connectivity index is 0.00000104. The molecule has 0 nitrogen and oxygen atoms in total. The Morgan fingerprint density at radius 3 is 1.88 bits per heavy atom. The molecular formula is C20H22Cl2HfSi. The number of halogens is 2. The van der Waals surface area contributed by atoms with Crippen LogP contribution >= 0.6 is 24.8 Å². The first-order chi connectivity index (χ1) is 10.8. The summed E-state index contributed by atoms with van der Waals surface area (Å²) in [6, 6.07) is 18.3. The van der Waals surface area contributed by atoms with Gasteiger partial charge in [-0.15, -0.1) is 24.8 Å². The average molecular weight is 540 g/mol. The molecule has 0 heterocycles. The van der Waals surface area contributed by atoms with Crippen LogP contribution in [-0.4, -0.2) is 5.49 Å². The van der Waals surface area contributed by atoms with Crippen molar-refractivity contribution in [2.45, 2.75) is 23.2 Å². The summed E-state index contributed by atoms with van der Waals surface area (Å²) in [4.78, 5) is 0. The molecular weight excluding hydrogens is 518 g/mol. The molecule has 4 heteroatoms. The van der Waals surface area contributed by atoms with Gasteiger partial charge in [-0.3, -0.25) is 0 Å². The predicted octanol–water partition coefficient (Wildman–Crippen LogP) is 6.31. The Labute approximate surface area is 165 Å². The summed E-state index contributed by atoms with van der Waals surface area (Å²) in [5.41, 5.74) is 6.04. The van der Waals surface area contributed by atoms with Crippen LogP contribution in [0.15, 0.2) is 70.1 Å². The number of fused-ring (bicyclic) bond motifs is 3. The van der Waals surface area contributed by atoms with Crippen LogP contribution in [0, 0.1) is 0 Å². The van der Waals surface area contributed by atoms with E-state index in [1.807, 2.05) is 3.33 Å². The van der Waals surface area contributed by atoms with Gasteiger partial charge in [0.2, 0.25) is 0 Å². The van der Waals surface area contributed by atoms with Gasteiger partial charge >= 0.3 is 141 Å². The molecule has 2 aliphatic rings. The monoisotopic (exact) mass is 540 g/mol. The average Bonchev–Trinajstić information content (AvgIpc) is 3.16. The summed E-state index contributed by atoms with van der Waals surface area (Å²) < 4.78 is 2.60. The fourth-order valence-corrected chi connectivity index (χ4v) is 29.9. The summed E-state index contributed by atoms with van der Waals surface area (Å²) in [5.74, 6) is 0. The maximum Gasteiger partial charge on any atom is -0.147 e. The van der Waals surface area contributed by atoms with Gasteiger partial charge in [0, 0.05) is 0 Å². The van der Waals surface area contributed by atoms with Crippen molar-refractivity contribution >= 4 is 30.3 Å². The van der Waals surface area contributed by atoms with Crippen LogP contribution < -0.4 is 0 Å². The second kappa shape index (κ2) is 8.31. The number of allylic oxidation sites excluding steroid dienone is 4. The van der Waals surface area contributed by atoms with Gasteiger partial charge in [-0.1, -0.05) is 0 Å². The van der Waals surface area contributed by atoms with Crippen molar-refractivity contribution in [1.82, 2.24) is 0 Å². The van der Waals surface area contributed by atoms with Crippen molar-refractivity contribution in [3.8, 4) is 11.1 Å². The largest absolute Gasteiger partial charge is 0.147 e. The van der Waals surface area contributed by atoms with Gasteiger partial charge in [-0.25, -0.2) is 0 Å². The Bertz CT molecular complexity index is 803. The van der Waals surface area contributed by atoms with Crippen molar-refractivity contribution in [2.24, 2.45) is 0 Å². The smallest absolute Gasteiger partial charge is 0.147 e. The van der Waals surface area contributed by atoms with E-state index in [4.69, 9.17) is 0 Å². The van der Waals surface area contributed by atoms with Gasteiger partial charge in [0.25, 0.3) is 0 Å². The molecule has 0 spiro atoms. The molecule has 0 aromatic heterocycles. The Morgan fingerprint density at radius 1 is 0.875 bits per heavy atom. The maximum absolute atomic E-state index is 2.56. The van der Waals surface area contributed by atoms with Crippen LogP contribution in [0.2, 0.25) is 13.1 Å². The quantitative estimate of drug-likeness (QED) is 0.392. The van der Waals surface area contributed by atoms with Crippen molar-refractivity contribution < 1.29 is 20.1 Å². The van der Waals surface area contributed by atoms with E-state index < -0.39 is 20.1 Å². The van der Waals surface area contributed by atoms with Crippen LogP contribution in [-0.2, 0) is 20.1 Å². The molecule has 0 bridgehead atoms. The number of benzene rings is 2. The van der Waals surface area contributed by atoms with Gasteiger partial charge < -0.3 is 0 Å². The van der Waals surface area contributed by atoms with E-state index in [9.17, 15) is 0 Å². The fourth-order valence-electron chi connectivity index (χ4n) is 3.91. The van der Waals surface area contributed by atoms with Gasteiger partial charge in [0.1, 0.15) is 0 Å². The molecule has 0 aliphatic heterocycles. The van der Waals surface area contributed by atoms with Crippen molar-refractivity contribution in [1.29, 1.82) is 0 Å². The van der Waals surface area contributed by atoms with Crippen molar-refractivity contribution in [3.63, 3.8) is 0 Å². The minimum atomic E-state index is -1.88. The summed E-state index contributed by atoms with van der Waals surface area (Å²) in [6.07, 6.45) is 8.34. The van der Waals surface area contributed by atoms with Crippen LogP contribution in [0.5, 0.6) is 0 Å². The molecule has 0 atom stereocenters. The van der Waals surface area contributed by atoms with E-state index in [0.29, 0.717) is 0 Å². The summed E-state index contributed by atoms with van der Waals surface area (Å²) in [6.45, 7) is 5.13. The van der Waals surface area contributed by atoms with E-state index in [-0.39, 0.29) is 30.3 Å². The Kier molecular flexibility index (Phi) is 6.89. The predicted molar refractivity (Wildman–Crippen MR) is 108 cm³/mol. The van der Waals surface area contributed by atoms with Crippen molar-refractivity contribution in [2.75, 3.05) is 0 Å². The summed E-state index contributed by atoms with van der Waals surface area (Å²) >= 11 is -1.88. The third-order valence-corrected chi connectivity index (χ3v) is 30.6. The normalized spacial score (nSPS) is 14.2. The first-order valence-electron chi connectivity index (χ1n) is 7.99. The second-order valence-electron chi connectivity index (χ2n) is 6.35. The third-order valence-electron chi connectivity index (χ3n) is 4.78. The molecule has 2 aromatic carbocycles. The van der Waals surface area contributed by atoms with Crippen molar-refractivity contribution in [3.05, 3.63) is 81.2 Å². The van der Waals surface area contributed by atoms with Crippen LogP contribution in [0.3, 0.4) is 0 Å². The van der Waals surface area contributed by atoms with E-state index in [2.05, 4.69) is 79.9 Å². The zero-order chi connectivity index (χ0) is 15.1. The minimum Gasteiger partial charge on any atom is -0.147 e. The molecule has 124 valence electrons. The molecule has 0 radical (unpaired) electrons. The molecule has 0 saturated carbocycles. The molecule has 0 saturated heterocycles. The topological polar surface area (TPSA) is 0 Å². The molecule has 2 aliphatic carbocycles. The minimum absolute atomic E-state index is 0. The molecule has 2 aromatic rings. The summed E-state index contributed by atoms with van der Waals surface area (Å²) in [5, 5.41) is 0. The molecule has 0 unspecified atom stereocenters. The SMILES string of the molecule is C[Si](C)=[Hf]([C]1=CC=CC1)[CH]1c2ccccc2-c2ccccc21.Cl.Cl. The number of hydrogen-bond donors (Lipinski definition) is 0. The first kappa shape index (κ1) is 19.9. The third kappa shape index (κ3) is 3.31. The second-order valence-corrected chi connectivity index (χ2v) is 30.9. The Morgan fingerprint density at radius 2 is 1.42 bits per heavy atom. The number of rotatable bonds is 2. The zero-order valence-corrected chi connectivity index (χ0v) is 20.2. The molecule has 0 N–H and O–H groups in total. The molecule has 0 fully saturated rings. The standard InChI is InChI=1S/C13H9.C5H5.C2H6Si.2ClH.Hf/c1-3-7-12-10(5-1)9-11-6-2-4-8-13(11)12;1-2-4-5-3-1;1-3-2;;;/h1-9H;1-3H,4H2;1-2H3;2*1H;. The molecule has 4 rings (SSSR count). The van der Waals surface area contributed by atoms with Crippen LogP contribution in [0.4, 0.5) is 0 Å². The van der Waals surface area contributed by atoms with Gasteiger partial charge in [-0.05, 0) is 0 Å². The van der Waals surface area contributed by atoms with E-state index >= 15 is 0 Å². The maximum atomic E-state index is 2.56. The fraction of sp³-hybridized carbons (Fsp3) is 0.200. The summed E-state index contributed by atoms with van der Waals surface area (Å²) in [7, 11) is 0. The van der Waals surface area contributed by atoms with Gasteiger partial charge in [0.15, 0.2) is 0 Å². The molecule has 24 heavy (non-hydrogen) atoms. The van der Waals surface area contributed by atoms with E-state index in [1.54, 1.807) is 11.1 Å². The number of hydrogen-bond acceptors (Lipinski definition) is 0. The Hall–Kier alpha value is -0.413. The molecule has 0 amide bonds. The van der Waals surface area contributed by atoms with Crippen LogP contribution in [0.1, 0.15) is 21.2 Å². The van der Waals surface area contributed by atoms with Crippen LogP contribution in [0.25, 0.3) is 11.1 Å². The first-order valence-corrected chi connectivity index (χ1v) is 19.7. The van der Waals surface area contributed by atoms with Gasteiger partial charge in [-0.2, -0.15) is 0 Å². The van der Waals surface area contributed by atoms with Gasteiger partial charge in [0.05, 0.1) is 0 Å². The zero-order valence-electron chi connectivity index (χ0n) is 14.0.